The first-order chi connectivity index (χ1) is 26.5. The molecular weight excluding hydrogens is 681 g/mol. The van der Waals surface area contributed by atoms with Crippen LogP contribution in [-0.2, 0) is 41.7 Å². The number of nitrogens with one attached hydrogen (secondary N) is 3. The lowest BCUT2D eigenvalue weighted by Crippen LogP contribution is -2.53. The monoisotopic (exact) mass is 740 g/mol. The summed E-state index contributed by atoms with van der Waals surface area (Å²) in [6.45, 7) is 0.890. The molecule has 1 aromatic heterocycles. The summed E-state index contributed by atoms with van der Waals surface area (Å²) < 4.78 is 5.87. The molecule has 3 N–H and O–H groups in total. The molecule has 2 saturated carbocycles. The van der Waals surface area contributed by atoms with Gasteiger partial charge in [-0.2, -0.15) is 0 Å². The van der Waals surface area contributed by atoms with Crippen molar-refractivity contribution in [2.75, 3.05) is 6.61 Å². The maximum Gasteiger partial charge on any atom is 0.333 e. The predicted octanol–water partition coefficient (Wildman–Crippen LogP) is 8.29. The highest BCUT2D eigenvalue weighted by molar-refractivity contribution is 5.93. The lowest BCUT2D eigenvalue weighted by molar-refractivity contribution is -0.154. The first-order valence-corrected chi connectivity index (χ1v) is 20.8. The fourth-order valence-electron chi connectivity index (χ4n) is 8.50. The van der Waals surface area contributed by atoms with Gasteiger partial charge in [0.2, 0.25) is 17.7 Å². The van der Waals surface area contributed by atoms with E-state index in [9.17, 15) is 19.2 Å². The molecule has 2 fully saturated rings. The van der Waals surface area contributed by atoms with Crippen LogP contribution < -0.4 is 10.8 Å². The number of ether oxygens (including phenoxy) is 1. The van der Waals surface area contributed by atoms with E-state index >= 15 is 0 Å². The minimum absolute atomic E-state index is 0.0939. The highest BCUT2D eigenvalue weighted by Crippen LogP contribution is 2.32. The Morgan fingerprint density at radius 1 is 0.759 bits per heavy atom. The van der Waals surface area contributed by atoms with Crippen LogP contribution in [0.2, 0.25) is 0 Å². The van der Waals surface area contributed by atoms with Crippen LogP contribution in [0.4, 0.5) is 0 Å². The van der Waals surface area contributed by atoms with Crippen LogP contribution in [0.3, 0.4) is 0 Å². The third-order valence-electron chi connectivity index (χ3n) is 11.6. The topological polar surface area (TPSA) is 130 Å². The number of benzene rings is 2. The molecule has 1 aliphatic heterocycles. The summed E-state index contributed by atoms with van der Waals surface area (Å²) >= 11 is 0. The molecule has 292 valence electrons. The molecule has 10 heteroatoms. The van der Waals surface area contributed by atoms with Crippen LogP contribution in [0.5, 0.6) is 0 Å². The van der Waals surface area contributed by atoms with Gasteiger partial charge in [0.05, 0.1) is 6.61 Å². The summed E-state index contributed by atoms with van der Waals surface area (Å²) in [6, 6.07) is 15.4. The highest BCUT2D eigenvalue weighted by Gasteiger charge is 2.38. The zero-order valence-electron chi connectivity index (χ0n) is 32.0. The van der Waals surface area contributed by atoms with Crippen LogP contribution >= 0.6 is 0 Å². The molecule has 3 aromatic rings. The number of aromatic amines is 1. The van der Waals surface area contributed by atoms with Gasteiger partial charge in [-0.3, -0.25) is 19.2 Å². The second kappa shape index (κ2) is 20.5. The molecule has 0 radical (unpaired) electrons. The molecule has 54 heavy (non-hydrogen) atoms. The Bertz CT molecular complexity index is 1660. The van der Waals surface area contributed by atoms with Gasteiger partial charge in [-0.25, -0.2) is 10.3 Å². The number of hydroxylamine groups is 1. The molecule has 2 atom stereocenters. The molecule has 3 aliphatic rings. The van der Waals surface area contributed by atoms with Crippen LogP contribution in [0, 0.1) is 5.92 Å². The van der Waals surface area contributed by atoms with Crippen molar-refractivity contribution in [2.45, 2.75) is 153 Å². The number of H-pyrrole nitrogens is 1. The smallest absolute Gasteiger partial charge is 0.333 e. The van der Waals surface area contributed by atoms with Gasteiger partial charge in [-0.15, -0.1) is 0 Å². The number of fused-ring (bicyclic) bond motifs is 3. The molecule has 10 nitrogen and oxygen atoms in total. The summed E-state index contributed by atoms with van der Waals surface area (Å²) in [7, 11) is 0. The quantitative estimate of drug-likeness (QED) is 0.0817. The van der Waals surface area contributed by atoms with Crippen LogP contribution in [0.15, 0.2) is 54.6 Å². The average Bonchev–Trinajstić information content (AvgIpc) is 3.84. The normalized spacial score (nSPS) is 19.2. The third-order valence-corrected chi connectivity index (χ3v) is 11.6. The van der Waals surface area contributed by atoms with Gasteiger partial charge in [-0.05, 0) is 68.9 Å². The van der Waals surface area contributed by atoms with E-state index in [0.717, 1.165) is 67.1 Å². The molecule has 2 aromatic carbocycles. The molecule has 0 spiro atoms. The molecule has 0 saturated heterocycles. The lowest BCUT2D eigenvalue weighted by Gasteiger charge is -2.36. The summed E-state index contributed by atoms with van der Waals surface area (Å²) in [5, 5.41) is 4.04. The Morgan fingerprint density at radius 3 is 2.15 bits per heavy atom. The summed E-state index contributed by atoms with van der Waals surface area (Å²) in [5.74, 6) is -0.524. The van der Waals surface area contributed by atoms with Crippen LogP contribution in [0.25, 0.3) is 10.9 Å². The molecule has 0 bridgehead atoms. The predicted molar refractivity (Wildman–Crippen MR) is 209 cm³/mol. The number of nitrogens with zero attached hydrogens (tertiary/aromatic N) is 1. The minimum atomic E-state index is -0.974. The number of hydrogen-bond donors (Lipinski definition) is 3. The van der Waals surface area contributed by atoms with Crippen molar-refractivity contribution in [3.05, 3.63) is 71.4 Å². The van der Waals surface area contributed by atoms with Gasteiger partial charge >= 0.3 is 5.97 Å². The molecular formula is C44H60N4O6. The third kappa shape index (κ3) is 11.2. The van der Waals surface area contributed by atoms with E-state index in [1.807, 2.05) is 54.6 Å². The number of aromatic nitrogens is 1. The molecule has 0 unspecified atom stereocenters. The maximum atomic E-state index is 14.2. The zero-order valence-corrected chi connectivity index (χ0v) is 32.0. The lowest BCUT2D eigenvalue weighted by atomic mass is 9.93. The number of hydrogen-bond acceptors (Lipinski definition) is 6. The fourth-order valence-corrected chi connectivity index (χ4v) is 8.50. The fraction of sp³-hybridized carbons (Fsp3) is 0.591. The standard InChI is InChI=1S/C44H60N4O6/c49-40(47-53-31-32-19-9-4-2-1-3-5-10-20-32)27-13-6-7-14-28-41(50)48-30-36-35-25-17-18-26-37(35)45-38(36)29-39(48)43(51)46-42(33-21-11-8-12-22-33)44(52)54-34-23-15-16-24-34/h8,11-12,17-18,21-22,25-26,32,34,39,42,45H,1-7,9-10,13-16,19-20,23-24,27-31H2,(H,46,51)(H,47,49)/t39-,42+/m1/s1. The summed E-state index contributed by atoms with van der Waals surface area (Å²) in [5.41, 5.74) is 6.24. The highest BCUT2D eigenvalue weighted by atomic mass is 16.7. The molecule has 2 heterocycles. The Kier molecular flexibility index (Phi) is 15.0. The van der Waals surface area contributed by atoms with E-state index in [2.05, 4.69) is 15.8 Å². The van der Waals surface area contributed by atoms with Crippen molar-refractivity contribution in [1.29, 1.82) is 0 Å². The van der Waals surface area contributed by atoms with E-state index in [4.69, 9.17) is 9.57 Å². The first kappa shape index (κ1) is 39.5. The Hall–Kier alpha value is -4.18. The first-order valence-electron chi connectivity index (χ1n) is 20.8. The average molecular weight is 741 g/mol. The maximum absolute atomic E-state index is 14.2. The van der Waals surface area contributed by atoms with Gasteiger partial charge in [0.25, 0.3) is 0 Å². The van der Waals surface area contributed by atoms with Gasteiger partial charge in [-0.1, -0.05) is 106 Å². The molecule has 2 aliphatic carbocycles. The van der Waals surface area contributed by atoms with Crippen molar-refractivity contribution in [2.24, 2.45) is 5.92 Å². The summed E-state index contributed by atoms with van der Waals surface area (Å²) in [6.07, 6.45) is 19.0. The van der Waals surface area contributed by atoms with Crippen molar-refractivity contribution >= 4 is 34.6 Å². The number of amides is 3. The van der Waals surface area contributed by atoms with Crippen molar-refractivity contribution in [1.82, 2.24) is 20.7 Å². The number of rotatable bonds is 15. The van der Waals surface area contributed by atoms with Crippen molar-refractivity contribution in [3.63, 3.8) is 0 Å². The van der Waals surface area contributed by atoms with Gasteiger partial charge in [0.1, 0.15) is 12.1 Å². The van der Waals surface area contributed by atoms with Gasteiger partial charge in [0, 0.05) is 48.0 Å². The number of para-hydroxylation sites is 1. The largest absolute Gasteiger partial charge is 0.461 e. The molecule has 3 amide bonds. The second-order valence-electron chi connectivity index (χ2n) is 15.7. The van der Waals surface area contributed by atoms with E-state index < -0.39 is 18.1 Å². The summed E-state index contributed by atoms with van der Waals surface area (Å²) in [4.78, 5) is 64.9. The zero-order chi connectivity index (χ0) is 37.5. The Morgan fingerprint density at radius 2 is 1.41 bits per heavy atom. The Labute approximate surface area is 320 Å². The number of esters is 1. The van der Waals surface area contributed by atoms with Crippen LogP contribution in [-0.4, -0.2) is 52.3 Å². The Balaban J connectivity index is 1.01. The van der Waals surface area contributed by atoms with E-state index in [0.29, 0.717) is 50.3 Å². The van der Waals surface area contributed by atoms with Crippen molar-refractivity contribution in [3.8, 4) is 0 Å². The van der Waals surface area contributed by atoms with Crippen molar-refractivity contribution < 1.29 is 28.8 Å². The van der Waals surface area contributed by atoms with Crippen LogP contribution in [0.1, 0.15) is 145 Å². The number of carbonyl (C=O) groups excluding carboxylic acids is 4. The number of carbonyl (C=O) groups is 4. The SMILES string of the molecule is O=C(CCCCCCC(=O)N1Cc2c([nH]c3ccccc23)C[C@@H]1C(=O)N[C@H](C(=O)OC1CCCC1)c1ccccc1)NOCC1CCCCCCCCC1. The second-order valence-corrected chi connectivity index (χ2v) is 15.7. The van der Waals surface area contributed by atoms with Gasteiger partial charge in [0.15, 0.2) is 6.04 Å². The number of unbranched alkanes of at least 4 members (excludes halogenated alkanes) is 3. The van der Waals surface area contributed by atoms with E-state index in [1.165, 1.54) is 57.8 Å². The van der Waals surface area contributed by atoms with E-state index in [-0.39, 0.29) is 23.8 Å². The minimum Gasteiger partial charge on any atom is -0.461 e. The van der Waals surface area contributed by atoms with Gasteiger partial charge < -0.3 is 19.9 Å². The molecule has 6 rings (SSSR count). The van der Waals surface area contributed by atoms with E-state index in [1.54, 1.807) is 4.90 Å².